The first-order chi connectivity index (χ1) is 8.63. The SMILES string of the molecule is CCOCC(=O)NCCC(C)N1CCN(C)CC1. The molecule has 1 fully saturated rings. The van der Waals surface area contributed by atoms with Crippen LogP contribution in [0.15, 0.2) is 0 Å². The highest BCUT2D eigenvalue weighted by Crippen LogP contribution is 2.07. The highest BCUT2D eigenvalue weighted by molar-refractivity contribution is 5.77. The van der Waals surface area contributed by atoms with E-state index in [2.05, 4.69) is 29.1 Å². The van der Waals surface area contributed by atoms with Crippen LogP contribution in [0.25, 0.3) is 0 Å². The summed E-state index contributed by atoms with van der Waals surface area (Å²) in [7, 11) is 2.16. The smallest absolute Gasteiger partial charge is 0.245 e. The number of hydrogen-bond acceptors (Lipinski definition) is 4. The number of carbonyl (C=O) groups is 1. The first-order valence-electron chi connectivity index (χ1n) is 6.90. The van der Waals surface area contributed by atoms with E-state index in [1.807, 2.05) is 6.92 Å². The highest BCUT2D eigenvalue weighted by Gasteiger charge is 2.18. The zero-order valence-corrected chi connectivity index (χ0v) is 11.9. The molecule has 1 unspecified atom stereocenters. The second kappa shape index (κ2) is 8.45. The Labute approximate surface area is 110 Å². The maximum Gasteiger partial charge on any atom is 0.245 e. The molecule has 18 heavy (non-hydrogen) atoms. The molecule has 1 heterocycles. The minimum absolute atomic E-state index is 0.0116. The fourth-order valence-corrected chi connectivity index (χ4v) is 2.11. The van der Waals surface area contributed by atoms with Gasteiger partial charge in [-0.25, -0.2) is 0 Å². The molecule has 1 amide bonds. The summed E-state index contributed by atoms with van der Waals surface area (Å²) in [6.07, 6.45) is 1.00. The number of ether oxygens (including phenoxy) is 1. The van der Waals surface area contributed by atoms with Crippen LogP contribution in [0.1, 0.15) is 20.3 Å². The fraction of sp³-hybridized carbons (Fsp3) is 0.923. The van der Waals surface area contributed by atoms with Gasteiger partial charge >= 0.3 is 0 Å². The Morgan fingerprint density at radius 1 is 1.33 bits per heavy atom. The van der Waals surface area contributed by atoms with Crippen LogP contribution < -0.4 is 5.32 Å². The molecular formula is C13H27N3O2. The molecular weight excluding hydrogens is 230 g/mol. The van der Waals surface area contributed by atoms with Gasteiger partial charge in [-0.15, -0.1) is 0 Å². The first-order valence-corrected chi connectivity index (χ1v) is 6.90. The second-order valence-corrected chi connectivity index (χ2v) is 4.96. The molecule has 0 bridgehead atoms. The maximum atomic E-state index is 11.3. The molecule has 5 heteroatoms. The van der Waals surface area contributed by atoms with Crippen molar-refractivity contribution in [2.45, 2.75) is 26.3 Å². The Kier molecular flexibility index (Phi) is 7.23. The minimum atomic E-state index is -0.0116. The molecule has 1 N–H and O–H groups in total. The quantitative estimate of drug-likeness (QED) is 0.706. The minimum Gasteiger partial charge on any atom is -0.372 e. The number of rotatable bonds is 7. The van der Waals surface area contributed by atoms with Crippen molar-refractivity contribution in [1.82, 2.24) is 15.1 Å². The average molecular weight is 257 g/mol. The van der Waals surface area contributed by atoms with E-state index in [-0.39, 0.29) is 12.5 Å². The molecule has 1 saturated heterocycles. The van der Waals surface area contributed by atoms with Crippen LogP contribution in [-0.2, 0) is 9.53 Å². The Morgan fingerprint density at radius 2 is 2.00 bits per heavy atom. The molecule has 0 spiro atoms. The van der Waals surface area contributed by atoms with Crippen molar-refractivity contribution in [3.63, 3.8) is 0 Å². The van der Waals surface area contributed by atoms with Crippen molar-refractivity contribution in [2.75, 3.05) is 53.0 Å². The van der Waals surface area contributed by atoms with Gasteiger partial charge in [0.25, 0.3) is 0 Å². The van der Waals surface area contributed by atoms with Gasteiger partial charge in [0.05, 0.1) is 0 Å². The molecule has 0 aromatic heterocycles. The molecule has 1 aliphatic rings. The summed E-state index contributed by atoms with van der Waals surface area (Å²) in [4.78, 5) is 16.2. The Bertz CT molecular complexity index is 240. The van der Waals surface area contributed by atoms with Gasteiger partial charge in [0.1, 0.15) is 6.61 Å². The summed E-state index contributed by atoms with van der Waals surface area (Å²) in [5, 5.41) is 2.90. The first kappa shape index (κ1) is 15.4. The van der Waals surface area contributed by atoms with Crippen LogP contribution in [0.3, 0.4) is 0 Å². The summed E-state index contributed by atoms with van der Waals surface area (Å²) >= 11 is 0. The lowest BCUT2D eigenvalue weighted by atomic mass is 10.1. The average Bonchev–Trinajstić information content (AvgIpc) is 2.37. The zero-order chi connectivity index (χ0) is 13.4. The van der Waals surface area contributed by atoms with Crippen molar-refractivity contribution in [3.05, 3.63) is 0 Å². The number of hydrogen-bond donors (Lipinski definition) is 1. The summed E-state index contributed by atoms with van der Waals surface area (Å²) in [6, 6.07) is 0.533. The standard InChI is InChI=1S/C13H27N3O2/c1-4-18-11-13(17)14-6-5-12(2)16-9-7-15(3)8-10-16/h12H,4-11H2,1-3H3,(H,14,17). The Morgan fingerprint density at radius 3 is 2.61 bits per heavy atom. The number of likely N-dealkylation sites (N-methyl/N-ethyl adjacent to an activating group) is 1. The maximum absolute atomic E-state index is 11.3. The number of amides is 1. The van der Waals surface area contributed by atoms with Crippen molar-refractivity contribution in [2.24, 2.45) is 0 Å². The number of piperazine rings is 1. The fourth-order valence-electron chi connectivity index (χ4n) is 2.11. The van der Waals surface area contributed by atoms with Crippen LogP contribution >= 0.6 is 0 Å². The highest BCUT2D eigenvalue weighted by atomic mass is 16.5. The molecule has 0 aromatic rings. The molecule has 0 aromatic carbocycles. The molecule has 0 aliphatic carbocycles. The van der Waals surface area contributed by atoms with Crippen molar-refractivity contribution >= 4 is 5.91 Å². The van der Waals surface area contributed by atoms with Gasteiger partial charge in [0.15, 0.2) is 0 Å². The lowest BCUT2D eigenvalue weighted by molar-refractivity contribution is -0.125. The molecule has 0 radical (unpaired) electrons. The third-order valence-electron chi connectivity index (χ3n) is 3.48. The van der Waals surface area contributed by atoms with Crippen LogP contribution in [0, 0.1) is 0 Å². The van der Waals surface area contributed by atoms with Gasteiger partial charge in [-0.1, -0.05) is 0 Å². The van der Waals surface area contributed by atoms with E-state index in [9.17, 15) is 4.79 Å². The summed E-state index contributed by atoms with van der Waals surface area (Å²) in [6.45, 7) is 10.2. The third kappa shape index (κ3) is 5.80. The Hall–Kier alpha value is -0.650. The van der Waals surface area contributed by atoms with Crippen LogP contribution in [-0.4, -0.2) is 74.7 Å². The molecule has 1 aliphatic heterocycles. The van der Waals surface area contributed by atoms with E-state index in [0.717, 1.165) is 39.1 Å². The van der Waals surface area contributed by atoms with Gasteiger partial charge in [0, 0.05) is 45.4 Å². The zero-order valence-electron chi connectivity index (χ0n) is 11.9. The molecule has 1 rings (SSSR count). The summed E-state index contributed by atoms with van der Waals surface area (Å²) < 4.78 is 5.05. The largest absolute Gasteiger partial charge is 0.372 e. The molecule has 0 saturated carbocycles. The number of carbonyl (C=O) groups excluding carboxylic acids is 1. The van der Waals surface area contributed by atoms with Gasteiger partial charge in [-0.2, -0.15) is 0 Å². The molecule has 5 nitrogen and oxygen atoms in total. The van der Waals surface area contributed by atoms with E-state index < -0.39 is 0 Å². The molecule has 1 atom stereocenters. The monoisotopic (exact) mass is 257 g/mol. The number of nitrogens with zero attached hydrogens (tertiary/aromatic N) is 2. The van der Waals surface area contributed by atoms with Gasteiger partial charge in [-0.05, 0) is 27.3 Å². The van der Waals surface area contributed by atoms with Crippen molar-refractivity contribution in [3.8, 4) is 0 Å². The third-order valence-corrected chi connectivity index (χ3v) is 3.48. The van der Waals surface area contributed by atoms with Crippen molar-refractivity contribution in [1.29, 1.82) is 0 Å². The Balaban J connectivity index is 2.09. The van der Waals surface area contributed by atoms with Crippen LogP contribution in [0.2, 0.25) is 0 Å². The lowest BCUT2D eigenvalue weighted by Gasteiger charge is -2.36. The van der Waals surface area contributed by atoms with E-state index >= 15 is 0 Å². The molecule has 106 valence electrons. The lowest BCUT2D eigenvalue weighted by Crippen LogP contribution is -2.48. The van der Waals surface area contributed by atoms with Crippen molar-refractivity contribution < 1.29 is 9.53 Å². The topological polar surface area (TPSA) is 44.8 Å². The van der Waals surface area contributed by atoms with Crippen LogP contribution in [0.5, 0.6) is 0 Å². The summed E-state index contributed by atoms with van der Waals surface area (Å²) in [5.74, 6) is -0.0116. The van der Waals surface area contributed by atoms with E-state index in [0.29, 0.717) is 12.6 Å². The van der Waals surface area contributed by atoms with Crippen LogP contribution in [0.4, 0.5) is 0 Å². The van der Waals surface area contributed by atoms with E-state index in [1.165, 1.54) is 0 Å². The van der Waals surface area contributed by atoms with Gasteiger partial charge in [-0.3, -0.25) is 9.69 Å². The van der Waals surface area contributed by atoms with Gasteiger partial charge < -0.3 is 15.0 Å². The number of nitrogens with one attached hydrogen (secondary N) is 1. The predicted octanol–water partition coefficient (Wildman–Crippen LogP) is 0.165. The van der Waals surface area contributed by atoms with Gasteiger partial charge in [0.2, 0.25) is 5.91 Å². The second-order valence-electron chi connectivity index (χ2n) is 4.96. The summed E-state index contributed by atoms with van der Waals surface area (Å²) in [5.41, 5.74) is 0. The predicted molar refractivity (Wildman–Crippen MR) is 72.7 cm³/mol. The van der Waals surface area contributed by atoms with E-state index in [4.69, 9.17) is 4.74 Å². The van der Waals surface area contributed by atoms with E-state index in [1.54, 1.807) is 0 Å². The normalized spacial score (nSPS) is 19.7.